The summed E-state index contributed by atoms with van der Waals surface area (Å²) in [6.45, 7) is 5.79. The van der Waals surface area contributed by atoms with Crippen LogP contribution in [-0.2, 0) is 11.3 Å². The number of nitrogens with zero attached hydrogens (tertiary/aromatic N) is 2. The van der Waals surface area contributed by atoms with Gasteiger partial charge in [-0.2, -0.15) is 16.7 Å². The van der Waals surface area contributed by atoms with E-state index < -0.39 is 11.9 Å². The van der Waals surface area contributed by atoms with Crippen molar-refractivity contribution in [2.75, 3.05) is 5.75 Å². The van der Waals surface area contributed by atoms with Crippen molar-refractivity contribution < 1.29 is 9.90 Å². The number of rotatable bonds is 4. The molecular weight excluding hydrogens is 276 g/mol. The molecule has 110 valence electrons. The van der Waals surface area contributed by atoms with Gasteiger partial charge in [-0.25, -0.2) is 4.79 Å². The molecule has 2 heterocycles. The van der Waals surface area contributed by atoms with Crippen LogP contribution in [0.2, 0.25) is 0 Å². The zero-order chi connectivity index (χ0) is 14.9. The number of aromatic nitrogens is 2. The monoisotopic (exact) mass is 296 g/mol. The van der Waals surface area contributed by atoms with E-state index in [1.165, 1.54) is 6.42 Å². The lowest BCUT2D eigenvalue weighted by Gasteiger charge is -2.19. The summed E-state index contributed by atoms with van der Waals surface area (Å²) in [7, 11) is 0. The fraction of sp³-hybridized carbons (Fsp3) is 0.643. The second kappa shape index (κ2) is 5.99. The third-order valence-corrected chi connectivity index (χ3v) is 5.27. The van der Waals surface area contributed by atoms with Crippen molar-refractivity contribution in [2.45, 2.75) is 51.3 Å². The Labute approximate surface area is 122 Å². The van der Waals surface area contributed by atoms with Gasteiger partial charge >= 0.3 is 11.7 Å². The molecule has 1 aliphatic heterocycles. The van der Waals surface area contributed by atoms with Crippen LogP contribution in [0, 0.1) is 13.8 Å². The number of hydrogen-bond acceptors (Lipinski definition) is 4. The van der Waals surface area contributed by atoms with E-state index in [4.69, 9.17) is 0 Å². The van der Waals surface area contributed by atoms with E-state index in [0.717, 1.165) is 17.9 Å². The first-order valence-electron chi connectivity index (χ1n) is 6.84. The van der Waals surface area contributed by atoms with E-state index in [-0.39, 0.29) is 5.69 Å². The van der Waals surface area contributed by atoms with Gasteiger partial charge in [0.2, 0.25) is 0 Å². The molecule has 0 aliphatic carbocycles. The van der Waals surface area contributed by atoms with Gasteiger partial charge in [0.25, 0.3) is 0 Å². The van der Waals surface area contributed by atoms with E-state index in [1.54, 1.807) is 18.4 Å². The van der Waals surface area contributed by atoms with E-state index in [9.17, 15) is 14.7 Å². The SMILES string of the molecule is Cc1nc(=O)n(CC2CCCS2)c(C)c1C(C)C(=O)O. The molecule has 1 saturated heterocycles. The Hall–Kier alpha value is -1.30. The molecular formula is C14H20N2O3S. The molecule has 0 spiro atoms. The zero-order valence-corrected chi connectivity index (χ0v) is 12.9. The molecule has 2 unspecified atom stereocenters. The molecule has 1 aromatic rings. The minimum atomic E-state index is -0.890. The first kappa shape index (κ1) is 15.1. The van der Waals surface area contributed by atoms with E-state index >= 15 is 0 Å². The maximum Gasteiger partial charge on any atom is 0.348 e. The highest BCUT2D eigenvalue weighted by Gasteiger charge is 2.24. The molecule has 5 nitrogen and oxygen atoms in total. The third-order valence-electron chi connectivity index (χ3n) is 3.89. The second-order valence-electron chi connectivity index (χ2n) is 5.28. The summed E-state index contributed by atoms with van der Waals surface area (Å²) in [4.78, 5) is 27.3. The minimum Gasteiger partial charge on any atom is -0.481 e. The number of aryl methyl sites for hydroxylation is 1. The summed E-state index contributed by atoms with van der Waals surface area (Å²) >= 11 is 1.88. The Balaban J connectivity index is 2.43. The highest BCUT2D eigenvalue weighted by Crippen LogP contribution is 2.28. The molecule has 20 heavy (non-hydrogen) atoms. The summed E-state index contributed by atoms with van der Waals surface area (Å²) in [5.74, 6) is -0.403. The van der Waals surface area contributed by atoms with Crippen molar-refractivity contribution >= 4 is 17.7 Å². The fourth-order valence-corrected chi connectivity index (χ4v) is 4.03. The van der Waals surface area contributed by atoms with Gasteiger partial charge in [-0.05, 0) is 39.4 Å². The van der Waals surface area contributed by atoms with Gasteiger partial charge in [0, 0.05) is 28.7 Å². The lowest BCUT2D eigenvalue weighted by molar-refractivity contribution is -0.138. The van der Waals surface area contributed by atoms with Gasteiger partial charge < -0.3 is 5.11 Å². The van der Waals surface area contributed by atoms with Crippen LogP contribution < -0.4 is 5.69 Å². The molecule has 0 radical (unpaired) electrons. The molecule has 1 fully saturated rings. The van der Waals surface area contributed by atoms with Gasteiger partial charge in [0.05, 0.1) is 5.92 Å². The van der Waals surface area contributed by atoms with Crippen molar-refractivity contribution in [1.82, 2.24) is 9.55 Å². The number of carboxylic acid groups (broad SMARTS) is 1. The molecule has 0 aromatic carbocycles. The maximum absolute atomic E-state index is 12.1. The highest BCUT2D eigenvalue weighted by atomic mass is 32.2. The zero-order valence-electron chi connectivity index (χ0n) is 12.0. The van der Waals surface area contributed by atoms with E-state index in [2.05, 4.69) is 4.98 Å². The Morgan fingerprint density at radius 3 is 2.80 bits per heavy atom. The number of carbonyl (C=O) groups is 1. The molecule has 1 N–H and O–H groups in total. The van der Waals surface area contributed by atoms with Gasteiger partial charge in [-0.15, -0.1) is 0 Å². The topological polar surface area (TPSA) is 72.2 Å². The summed E-state index contributed by atoms with van der Waals surface area (Å²) in [5.41, 5.74) is 1.66. The Bertz CT molecular complexity index is 577. The number of aliphatic carboxylic acids is 1. The fourth-order valence-electron chi connectivity index (χ4n) is 2.77. The molecule has 0 saturated carbocycles. The van der Waals surface area contributed by atoms with Crippen molar-refractivity contribution in [2.24, 2.45) is 0 Å². The van der Waals surface area contributed by atoms with Crippen LogP contribution in [0.4, 0.5) is 0 Å². The summed E-state index contributed by atoms with van der Waals surface area (Å²) in [6, 6.07) is 0. The molecule has 6 heteroatoms. The van der Waals surface area contributed by atoms with Gasteiger partial charge in [-0.3, -0.25) is 9.36 Å². The average molecular weight is 296 g/mol. The first-order chi connectivity index (χ1) is 9.41. The maximum atomic E-state index is 12.1. The number of hydrogen-bond donors (Lipinski definition) is 1. The Morgan fingerprint density at radius 2 is 2.25 bits per heavy atom. The summed E-state index contributed by atoms with van der Waals surface area (Å²) in [5, 5.41) is 9.64. The van der Waals surface area contributed by atoms with E-state index in [1.807, 2.05) is 18.7 Å². The van der Waals surface area contributed by atoms with Crippen LogP contribution >= 0.6 is 11.8 Å². The van der Waals surface area contributed by atoms with Crippen molar-refractivity contribution in [1.29, 1.82) is 0 Å². The van der Waals surface area contributed by atoms with Crippen LogP contribution in [0.3, 0.4) is 0 Å². The van der Waals surface area contributed by atoms with Gasteiger partial charge in [-0.1, -0.05) is 0 Å². The number of thioether (sulfide) groups is 1. The van der Waals surface area contributed by atoms with E-state index in [0.29, 0.717) is 23.1 Å². The molecule has 1 aliphatic rings. The molecule has 0 bridgehead atoms. The van der Waals surface area contributed by atoms with Gasteiger partial charge in [0.1, 0.15) is 0 Å². The Morgan fingerprint density at radius 1 is 1.55 bits per heavy atom. The van der Waals surface area contributed by atoms with Crippen molar-refractivity contribution in [3.63, 3.8) is 0 Å². The lowest BCUT2D eigenvalue weighted by atomic mass is 9.98. The molecule has 1 aromatic heterocycles. The van der Waals surface area contributed by atoms with Crippen molar-refractivity contribution in [3.8, 4) is 0 Å². The standard InChI is InChI=1S/C14H20N2O3S/c1-8(13(17)18)12-9(2)15-14(19)16(10(12)3)7-11-5-4-6-20-11/h8,11H,4-7H2,1-3H3,(H,17,18). The van der Waals surface area contributed by atoms with Crippen LogP contribution in [-0.4, -0.2) is 31.6 Å². The molecule has 2 atom stereocenters. The quantitative estimate of drug-likeness (QED) is 0.919. The first-order valence-corrected chi connectivity index (χ1v) is 7.89. The predicted octanol–water partition coefficient (Wildman–Crippen LogP) is 1.94. The third kappa shape index (κ3) is 2.90. The second-order valence-corrected chi connectivity index (χ2v) is 6.69. The van der Waals surface area contributed by atoms with Crippen LogP contribution in [0.15, 0.2) is 4.79 Å². The summed E-state index contributed by atoms with van der Waals surface area (Å²) in [6.07, 6.45) is 2.29. The largest absolute Gasteiger partial charge is 0.481 e. The van der Waals surface area contributed by atoms with Crippen LogP contribution in [0.5, 0.6) is 0 Å². The van der Waals surface area contributed by atoms with Gasteiger partial charge in [0.15, 0.2) is 0 Å². The normalized spacial score (nSPS) is 20.1. The van der Waals surface area contributed by atoms with Crippen LogP contribution in [0.25, 0.3) is 0 Å². The minimum absolute atomic E-state index is 0.270. The number of carboxylic acids is 1. The summed E-state index contributed by atoms with van der Waals surface area (Å²) < 4.78 is 1.64. The lowest BCUT2D eigenvalue weighted by Crippen LogP contribution is -2.31. The average Bonchev–Trinajstić information content (AvgIpc) is 2.86. The van der Waals surface area contributed by atoms with Crippen molar-refractivity contribution in [3.05, 3.63) is 27.4 Å². The predicted molar refractivity (Wildman–Crippen MR) is 79.5 cm³/mol. The molecule has 2 rings (SSSR count). The smallest absolute Gasteiger partial charge is 0.348 e. The van der Waals surface area contributed by atoms with Crippen LogP contribution in [0.1, 0.15) is 42.6 Å². The Kier molecular flexibility index (Phi) is 4.52. The molecule has 0 amide bonds. The highest BCUT2D eigenvalue weighted by molar-refractivity contribution is 8.00.